The Bertz CT molecular complexity index is 630. The fourth-order valence-corrected chi connectivity index (χ4v) is 7.25. The Morgan fingerprint density at radius 3 is 0.628 bits per heavy atom. The first-order valence-corrected chi connectivity index (χ1v) is 23.6. The van der Waals surface area contributed by atoms with Crippen LogP contribution in [0.5, 0.6) is 0 Å². The van der Waals surface area contributed by atoms with Crippen LogP contribution in [-0.4, -0.2) is 11.8 Å². The van der Waals surface area contributed by atoms with Gasteiger partial charge >= 0.3 is 90.4 Å². The van der Waals surface area contributed by atoms with Crippen LogP contribution in [0.3, 0.4) is 0 Å². The van der Waals surface area contributed by atoms with E-state index in [0.717, 1.165) is 11.8 Å². The summed E-state index contributed by atoms with van der Waals surface area (Å²) >= 11 is 16.9. The van der Waals surface area contributed by atoms with Crippen molar-refractivity contribution in [2.75, 3.05) is 11.8 Å². The summed E-state index contributed by atoms with van der Waals surface area (Å²) in [6, 6.07) is 0. The minimum atomic E-state index is -0.106. The third kappa shape index (κ3) is 15.2. The van der Waals surface area contributed by atoms with Crippen molar-refractivity contribution in [3.8, 4) is 0 Å². The Hall–Kier alpha value is 3.73. The van der Waals surface area contributed by atoms with Gasteiger partial charge in [0.15, 0.2) is 0 Å². The Labute approximate surface area is 326 Å². The molecule has 2 fully saturated rings. The molecule has 0 nitrogen and oxygen atoms in total. The Balaban J connectivity index is -0.000000616. The molecular weight excluding hydrogens is 940 g/mol. The van der Waals surface area contributed by atoms with E-state index in [1.165, 1.54) is 0 Å². The summed E-state index contributed by atoms with van der Waals surface area (Å²) < 4.78 is 0. The van der Waals surface area contributed by atoms with Crippen molar-refractivity contribution in [3.63, 3.8) is 0 Å². The van der Waals surface area contributed by atoms with Crippen LogP contribution in [0.1, 0.15) is 125 Å². The van der Waals surface area contributed by atoms with Crippen molar-refractivity contribution >= 4 is 61.3 Å². The molecular formula is C34H60Cl6Pd3+2. The average Bonchev–Trinajstić information content (AvgIpc) is 2.70. The Morgan fingerprint density at radius 1 is 0.419 bits per heavy atom. The number of hydrogen-bond donors (Lipinski definition) is 0. The van der Waals surface area contributed by atoms with E-state index in [4.69, 9.17) is 42.3 Å². The molecule has 0 aromatic rings. The topological polar surface area (TPSA) is 0 Å². The maximum absolute atomic E-state index is 6.27. The molecule has 0 unspecified atom stereocenters. The quantitative estimate of drug-likeness (QED) is 0.191. The fraction of sp³-hybridized carbons (Fsp3) is 0.824. The fourth-order valence-electron chi connectivity index (χ4n) is 6.64. The zero-order valence-electron chi connectivity index (χ0n) is 29.8. The molecule has 2 rings (SSSR count). The van der Waals surface area contributed by atoms with E-state index >= 15 is 0 Å². The van der Waals surface area contributed by atoms with Gasteiger partial charge in [-0.3, -0.25) is 0 Å². The van der Waals surface area contributed by atoms with Gasteiger partial charge in [0.1, 0.15) is 0 Å². The molecule has 2 aliphatic rings. The molecule has 0 heterocycles. The molecule has 266 valence electrons. The van der Waals surface area contributed by atoms with Crippen LogP contribution < -0.4 is 0 Å². The molecule has 0 amide bonds. The first-order chi connectivity index (χ1) is 19.0. The third-order valence-corrected chi connectivity index (χ3v) is 8.13. The average molecular weight is 1000 g/mol. The second-order valence-electron chi connectivity index (χ2n) is 17.4. The van der Waals surface area contributed by atoms with Gasteiger partial charge in [0, 0.05) is 11.8 Å². The first-order valence-electron chi connectivity index (χ1n) is 14.5. The third-order valence-electron chi connectivity index (χ3n) is 7.51. The molecule has 0 aliphatic heterocycles. The molecule has 0 aromatic heterocycles. The van der Waals surface area contributed by atoms with Crippen molar-refractivity contribution in [1.29, 1.82) is 0 Å². The summed E-state index contributed by atoms with van der Waals surface area (Å²) in [5.41, 5.74) is 1.31. The second-order valence-corrected chi connectivity index (χ2v) is 20.3. The van der Waals surface area contributed by atoms with Gasteiger partial charge in [-0.2, -0.15) is 0 Å². The summed E-state index contributed by atoms with van der Waals surface area (Å²) in [7, 11) is 18.6. The molecule has 2 saturated carbocycles. The normalized spacial score (nSPS) is 19.5. The zero-order valence-corrected chi connectivity index (χ0v) is 39.0. The van der Waals surface area contributed by atoms with Crippen LogP contribution in [-0.2, 0) is 52.3 Å². The van der Waals surface area contributed by atoms with E-state index in [1.54, 1.807) is 35.5 Å². The Morgan fingerprint density at radius 2 is 0.558 bits per heavy atom. The monoisotopic (exact) mass is 996 g/mol. The molecule has 0 bridgehead atoms. The first kappa shape index (κ1) is 51.1. The Kier molecular flexibility index (Phi) is 24.4. The van der Waals surface area contributed by atoms with Crippen LogP contribution in [0.4, 0.5) is 0 Å². The number of rotatable bonds is 2. The number of hydrogen-bond acceptors (Lipinski definition) is 0. The van der Waals surface area contributed by atoms with Crippen LogP contribution in [0.25, 0.3) is 0 Å². The SMILES string of the molecule is CC(C)(C)[C]1[C](C(C)(C)C)C(CCl)[C]1C(C)(C)C.CC(C)(C)[C]1[C](C(C)(C)C)C(CCl)[C]1C(C)(C)C.[Cl][Pd+].[Cl][Pd+].[Cl][Pd][Cl]. The van der Waals surface area contributed by atoms with E-state index in [1.807, 2.05) is 0 Å². The molecule has 0 N–H and O–H groups in total. The maximum atomic E-state index is 6.27. The summed E-state index contributed by atoms with van der Waals surface area (Å²) in [6.45, 7) is 41.7. The summed E-state index contributed by atoms with van der Waals surface area (Å²) in [5, 5.41) is 0. The van der Waals surface area contributed by atoms with Crippen molar-refractivity contribution in [1.82, 2.24) is 0 Å². The van der Waals surface area contributed by atoms with Gasteiger partial charge in [0.05, 0.1) is 0 Å². The van der Waals surface area contributed by atoms with Crippen LogP contribution in [0.2, 0.25) is 0 Å². The van der Waals surface area contributed by atoms with E-state index < -0.39 is 0 Å². The van der Waals surface area contributed by atoms with Crippen LogP contribution in [0.15, 0.2) is 0 Å². The van der Waals surface area contributed by atoms with Crippen molar-refractivity contribution < 1.29 is 52.3 Å². The van der Waals surface area contributed by atoms with Crippen molar-refractivity contribution in [3.05, 3.63) is 35.5 Å². The van der Waals surface area contributed by atoms with E-state index in [9.17, 15) is 0 Å². The van der Waals surface area contributed by atoms with Gasteiger partial charge in [-0.25, -0.2) is 0 Å². The molecule has 6 radical (unpaired) electrons. The van der Waals surface area contributed by atoms with Crippen molar-refractivity contribution in [2.45, 2.75) is 125 Å². The van der Waals surface area contributed by atoms with Gasteiger partial charge in [0.25, 0.3) is 0 Å². The van der Waals surface area contributed by atoms with E-state index in [0.29, 0.717) is 11.8 Å². The van der Waals surface area contributed by atoms with Crippen LogP contribution >= 0.6 is 61.3 Å². The van der Waals surface area contributed by atoms with Gasteiger partial charge < -0.3 is 0 Å². The van der Waals surface area contributed by atoms with Crippen LogP contribution in [0, 0.1) is 79.8 Å². The molecule has 9 heteroatoms. The summed E-state index contributed by atoms with van der Waals surface area (Å²) in [5.74, 6) is 11.9. The summed E-state index contributed by atoms with van der Waals surface area (Å²) in [4.78, 5) is 0. The predicted molar refractivity (Wildman–Crippen MR) is 188 cm³/mol. The predicted octanol–water partition coefficient (Wildman–Crippen LogP) is 14.2. The molecule has 0 aromatic carbocycles. The standard InChI is InChI=1S/2C17H30Cl.4ClH.3Pd/c2*1-15(2,3)12-11(10-18)13(16(4,5)6)14(12)17(7,8)9;;;;;;;/h2*11H,10H2,1-9H3;4*1H;;;/q;;;;;;3*+2/p-4. The van der Waals surface area contributed by atoms with E-state index in [-0.39, 0.29) is 48.4 Å². The number of halogens is 6. The van der Waals surface area contributed by atoms with Crippen molar-refractivity contribution in [2.24, 2.45) is 44.3 Å². The summed E-state index contributed by atoms with van der Waals surface area (Å²) in [6.07, 6.45) is 0. The zero-order chi connectivity index (χ0) is 35.7. The van der Waals surface area contributed by atoms with E-state index in [2.05, 4.69) is 180 Å². The molecule has 0 atom stereocenters. The molecule has 0 saturated heterocycles. The van der Waals surface area contributed by atoms with Gasteiger partial charge in [-0.15, -0.1) is 23.2 Å². The molecule has 2 aliphatic carbocycles. The second kappa shape index (κ2) is 20.5. The number of alkyl halides is 2. The molecule has 43 heavy (non-hydrogen) atoms. The van der Waals surface area contributed by atoms with Gasteiger partial charge in [0.2, 0.25) is 0 Å². The minimum absolute atomic E-state index is 0.106. The van der Waals surface area contributed by atoms with Gasteiger partial charge in [-0.05, 0) is 79.8 Å². The van der Waals surface area contributed by atoms with Gasteiger partial charge in [-0.1, -0.05) is 125 Å². The molecule has 0 spiro atoms.